The maximum absolute atomic E-state index is 6.48. The molecular weight excluding hydrogens is 280 g/mol. The second kappa shape index (κ2) is 5.30. The van der Waals surface area contributed by atoms with Gasteiger partial charge in [0, 0.05) is 13.0 Å². The van der Waals surface area contributed by atoms with Crippen molar-refractivity contribution in [3.63, 3.8) is 0 Å². The number of anilines is 2. The van der Waals surface area contributed by atoms with Gasteiger partial charge in [-0.25, -0.2) is 0 Å². The lowest BCUT2D eigenvalue weighted by atomic mass is 9.54. The average Bonchev–Trinajstić information content (AvgIpc) is 2.52. The van der Waals surface area contributed by atoms with Crippen LogP contribution in [-0.2, 0) is 5.41 Å². The molecule has 0 heterocycles. The molecule has 0 fully saturated rings. The minimum atomic E-state index is 0.148. The highest BCUT2D eigenvalue weighted by Gasteiger charge is 2.46. The van der Waals surface area contributed by atoms with Crippen LogP contribution < -0.4 is 11.1 Å². The summed E-state index contributed by atoms with van der Waals surface area (Å²) in [6.07, 6.45) is 1.11. The van der Waals surface area contributed by atoms with Crippen molar-refractivity contribution < 1.29 is 0 Å². The number of fused-ring (bicyclic) bond motifs is 1. The summed E-state index contributed by atoms with van der Waals surface area (Å²) in [5.74, 6) is 0.350. The molecule has 0 saturated heterocycles. The highest BCUT2D eigenvalue weighted by atomic mass is 14.8. The van der Waals surface area contributed by atoms with Crippen molar-refractivity contribution in [2.24, 2.45) is 5.41 Å². The molecule has 2 heteroatoms. The maximum atomic E-state index is 6.48. The molecule has 0 radical (unpaired) electrons. The summed E-state index contributed by atoms with van der Waals surface area (Å²) < 4.78 is 0. The number of hydrogen-bond donors (Lipinski definition) is 2. The zero-order valence-corrected chi connectivity index (χ0v) is 14.9. The van der Waals surface area contributed by atoms with Gasteiger partial charge in [-0.3, -0.25) is 0 Å². The Balaban J connectivity index is 2.22. The lowest BCUT2D eigenvalue weighted by Crippen LogP contribution is -2.42. The van der Waals surface area contributed by atoms with Crippen LogP contribution in [0.25, 0.3) is 0 Å². The van der Waals surface area contributed by atoms with Crippen molar-refractivity contribution >= 4 is 11.4 Å². The Labute approximate surface area is 140 Å². The van der Waals surface area contributed by atoms with E-state index >= 15 is 0 Å². The second-order valence-corrected chi connectivity index (χ2v) is 7.91. The summed E-state index contributed by atoms with van der Waals surface area (Å²) >= 11 is 0. The van der Waals surface area contributed by atoms with Gasteiger partial charge >= 0.3 is 0 Å². The molecule has 0 aromatic heterocycles. The summed E-state index contributed by atoms with van der Waals surface area (Å²) in [7, 11) is 1.93. The Morgan fingerprint density at radius 1 is 0.957 bits per heavy atom. The molecular formula is C21H28N2. The third kappa shape index (κ3) is 2.32. The molecule has 0 aliphatic heterocycles. The van der Waals surface area contributed by atoms with Crippen molar-refractivity contribution in [3.05, 3.63) is 59.2 Å². The number of hydrogen-bond acceptors (Lipinski definition) is 2. The molecule has 0 spiro atoms. The smallest absolute Gasteiger partial charge is 0.0588 e. The maximum Gasteiger partial charge on any atom is 0.0588 e. The molecule has 1 unspecified atom stereocenters. The first-order chi connectivity index (χ1) is 10.8. The quantitative estimate of drug-likeness (QED) is 0.753. The van der Waals surface area contributed by atoms with Gasteiger partial charge in [0.15, 0.2) is 0 Å². The fourth-order valence-electron chi connectivity index (χ4n) is 3.99. The summed E-state index contributed by atoms with van der Waals surface area (Å²) in [5.41, 5.74) is 12.8. The highest BCUT2D eigenvalue weighted by Crippen LogP contribution is 2.56. The van der Waals surface area contributed by atoms with Crippen LogP contribution in [0.4, 0.5) is 11.4 Å². The van der Waals surface area contributed by atoms with Gasteiger partial charge in [-0.15, -0.1) is 0 Å². The van der Waals surface area contributed by atoms with Gasteiger partial charge in [0.05, 0.1) is 11.4 Å². The molecule has 1 aliphatic rings. The van der Waals surface area contributed by atoms with E-state index in [2.05, 4.69) is 69.4 Å². The van der Waals surface area contributed by atoms with Crippen LogP contribution in [0.1, 0.15) is 56.7 Å². The first-order valence-corrected chi connectivity index (χ1v) is 8.45. The van der Waals surface area contributed by atoms with Crippen molar-refractivity contribution in [2.75, 3.05) is 18.1 Å². The van der Waals surface area contributed by atoms with E-state index in [1.54, 1.807) is 0 Å². The van der Waals surface area contributed by atoms with Crippen molar-refractivity contribution in [1.29, 1.82) is 0 Å². The molecule has 1 aliphatic carbocycles. The Hall–Kier alpha value is -1.96. The van der Waals surface area contributed by atoms with Crippen molar-refractivity contribution in [2.45, 2.75) is 45.4 Å². The number of rotatable bonds is 2. The van der Waals surface area contributed by atoms with E-state index in [0.717, 1.165) is 17.8 Å². The first-order valence-electron chi connectivity index (χ1n) is 8.45. The van der Waals surface area contributed by atoms with Gasteiger partial charge in [0.25, 0.3) is 0 Å². The third-order valence-corrected chi connectivity index (χ3v) is 6.20. The number of nitrogens with two attached hydrogens (primary N) is 1. The Kier molecular flexibility index (Phi) is 3.66. The van der Waals surface area contributed by atoms with E-state index in [0.29, 0.717) is 5.92 Å². The SMILES string of the molecule is CNc1cccc(C2CC(C)(C)C(C)(C)c3ccccc32)c1N. The van der Waals surface area contributed by atoms with E-state index in [1.807, 2.05) is 13.1 Å². The van der Waals surface area contributed by atoms with Gasteiger partial charge in [-0.2, -0.15) is 0 Å². The first kappa shape index (κ1) is 15.9. The normalized spacial score (nSPS) is 21.5. The lowest BCUT2D eigenvalue weighted by molar-refractivity contribution is 0.155. The van der Waals surface area contributed by atoms with Crippen LogP contribution in [0.15, 0.2) is 42.5 Å². The zero-order chi connectivity index (χ0) is 16.8. The van der Waals surface area contributed by atoms with E-state index < -0.39 is 0 Å². The predicted molar refractivity (Wildman–Crippen MR) is 100 cm³/mol. The summed E-state index contributed by atoms with van der Waals surface area (Å²) in [4.78, 5) is 0. The fraction of sp³-hybridized carbons (Fsp3) is 0.429. The number of nitrogens with one attached hydrogen (secondary N) is 1. The second-order valence-electron chi connectivity index (χ2n) is 7.91. The van der Waals surface area contributed by atoms with Crippen LogP contribution in [-0.4, -0.2) is 7.05 Å². The van der Waals surface area contributed by atoms with Crippen molar-refractivity contribution in [3.8, 4) is 0 Å². The Bertz CT molecular complexity index is 728. The molecule has 122 valence electrons. The minimum Gasteiger partial charge on any atom is -0.397 e. The molecule has 1 atom stereocenters. The van der Waals surface area contributed by atoms with Crippen molar-refractivity contribution in [1.82, 2.24) is 0 Å². The van der Waals surface area contributed by atoms with Gasteiger partial charge in [-0.05, 0) is 40.0 Å². The van der Waals surface area contributed by atoms with Gasteiger partial charge in [0.2, 0.25) is 0 Å². The van der Waals surface area contributed by atoms with E-state index in [1.165, 1.54) is 16.7 Å². The van der Waals surface area contributed by atoms with Gasteiger partial charge in [0.1, 0.15) is 0 Å². The molecule has 2 aromatic carbocycles. The van der Waals surface area contributed by atoms with Crippen LogP contribution >= 0.6 is 0 Å². The summed E-state index contributed by atoms with van der Waals surface area (Å²) in [5, 5.41) is 3.21. The molecule has 2 aromatic rings. The number of benzene rings is 2. The highest BCUT2D eigenvalue weighted by molar-refractivity contribution is 5.71. The van der Waals surface area contributed by atoms with Gasteiger partial charge < -0.3 is 11.1 Å². The largest absolute Gasteiger partial charge is 0.397 e. The van der Waals surface area contributed by atoms with Crippen LogP contribution in [0.5, 0.6) is 0 Å². The summed E-state index contributed by atoms with van der Waals surface area (Å²) in [6.45, 7) is 9.51. The molecule has 0 saturated carbocycles. The van der Waals surface area contributed by atoms with Crippen LogP contribution in [0.3, 0.4) is 0 Å². The summed E-state index contributed by atoms with van der Waals surface area (Å²) in [6, 6.07) is 15.2. The molecule has 0 amide bonds. The molecule has 3 N–H and O–H groups in total. The number of para-hydroxylation sites is 1. The molecule has 23 heavy (non-hydrogen) atoms. The monoisotopic (exact) mass is 308 g/mol. The predicted octanol–water partition coefficient (Wildman–Crippen LogP) is 5.15. The topological polar surface area (TPSA) is 38.0 Å². The minimum absolute atomic E-state index is 0.148. The fourth-order valence-corrected chi connectivity index (χ4v) is 3.99. The number of nitrogen functional groups attached to an aromatic ring is 1. The van der Waals surface area contributed by atoms with Crippen LogP contribution in [0, 0.1) is 5.41 Å². The van der Waals surface area contributed by atoms with E-state index in [9.17, 15) is 0 Å². The molecule has 0 bridgehead atoms. The Morgan fingerprint density at radius 2 is 1.61 bits per heavy atom. The lowest BCUT2D eigenvalue weighted by Gasteiger charge is -2.50. The average molecular weight is 308 g/mol. The van der Waals surface area contributed by atoms with E-state index in [-0.39, 0.29) is 10.8 Å². The van der Waals surface area contributed by atoms with Gasteiger partial charge in [-0.1, -0.05) is 64.1 Å². The van der Waals surface area contributed by atoms with Crippen LogP contribution in [0.2, 0.25) is 0 Å². The third-order valence-electron chi connectivity index (χ3n) is 6.20. The molecule has 2 nitrogen and oxygen atoms in total. The van der Waals surface area contributed by atoms with E-state index in [4.69, 9.17) is 5.73 Å². The Morgan fingerprint density at radius 3 is 2.30 bits per heavy atom. The zero-order valence-electron chi connectivity index (χ0n) is 14.9. The standard InChI is InChI=1S/C21H28N2/c1-20(2)13-16(15-10-8-12-18(23-5)19(15)22)14-9-6-7-11-17(14)21(20,3)4/h6-12,16,23H,13,22H2,1-5H3. The molecule has 3 rings (SSSR count).